The number of fused-ring (bicyclic) bond motifs is 1. The zero-order chi connectivity index (χ0) is 11.8. The average Bonchev–Trinajstić information content (AvgIpc) is 2.71. The van der Waals surface area contributed by atoms with E-state index in [2.05, 4.69) is 25.1 Å². The summed E-state index contributed by atoms with van der Waals surface area (Å²) < 4.78 is 18.9. The van der Waals surface area contributed by atoms with Gasteiger partial charge in [-0.05, 0) is 35.5 Å². The van der Waals surface area contributed by atoms with Crippen molar-refractivity contribution in [3.63, 3.8) is 0 Å². The zero-order valence-electron chi connectivity index (χ0n) is 9.61. The number of benzene rings is 2. The second kappa shape index (κ2) is 4.00. The lowest BCUT2D eigenvalue weighted by Gasteiger charge is -2.07. The fraction of sp³-hybridized carbons (Fsp3) is 0.143. The van der Waals surface area contributed by atoms with Gasteiger partial charge in [0.2, 0.25) is 0 Å². The van der Waals surface area contributed by atoms with E-state index in [1.807, 2.05) is 12.1 Å². The van der Waals surface area contributed by atoms with Crippen LogP contribution in [0.3, 0.4) is 0 Å². The standard InChI is InChI=1S/C14H12BFO/c1-10-3-2-4-12(7-10)15-14-6-5-13(16)8-11(14)9-17-15/h2-8H,9H2,1H3. The molecule has 0 atom stereocenters. The van der Waals surface area contributed by atoms with Crippen molar-refractivity contribution in [1.82, 2.24) is 0 Å². The number of hydrogen-bond donors (Lipinski definition) is 0. The van der Waals surface area contributed by atoms with E-state index in [1.165, 1.54) is 11.6 Å². The normalized spacial score (nSPS) is 13.9. The van der Waals surface area contributed by atoms with Gasteiger partial charge >= 0.3 is 6.92 Å². The van der Waals surface area contributed by atoms with Crippen molar-refractivity contribution in [1.29, 1.82) is 0 Å². The largest absolute Gasteiger partial charge is 0.423 e. The molecule has 0 radical (unpaired) electrons. The first-order chi connectivity index (χ1) is 8.24. The van der Waals surface area contributed by atoms with Crippen LogP contribution in [0.1, 0.15) is 11.1 Å². The molecule has 0 saturated heterocycles. The van der Waals surface area contributed by atoms with Crippen LogP contribution in [0, 0.1) is 12.7 Å². The van der Waals surface area contributed by atoms with E-state index >= 15 is 0 Å². The first kappa shape index (κ1) is 10.5. The summed E-state index contributed by atoms with van der Waals surface area (Å²) in [5.74, 6) is -0.197. The van der Waals surface area contributed by atoms with Gasteiger partial charge in [-0.1, -0.05) is 35.9 Å². The maximum atomic E-state index is 13.1. The zero-order valence-corrected chi connectivity index (χ0v) is 9.61. The molecule has 0 saturated carbocycles. The van der Waals surface area contributed by atoms with Gasteiger partial charge in [-0.25, -0.2) is 4.39 Å². The molecule has 84 valence electrons. The highest BCUT2D eigenvalue weighted by Gasteiger charge is 2.29. The molecular formula is C14H12BFO. The summed E-state index contributed by atoms with van der Waals surface area (Å²) in [5.41, 5.74) is 4.38. The van der Waals surface area contributed by atoms with E-state index in [9.17, 15) is 4.39 Å². The molecule has 0 spiro atoms. The highest BCUT2D eigenvalue weighted by Crippen LogP contribution is 2.12. The molecule has 1 aliphatic rings. The Kier molecular flexibility index (Phi) is 2.48. The molecule has 0 amide bonds. The molecule has 0 aromatic heterocycles. The fourth-order valence-electron chi connectivity index (χ4n) is 2.33. The predicted molar refractivity (Wildman–Crippen MR) is 67.4 cm³/mol. The van der Waals surface area contributed by atoms with E-state index in [4.69, 9.17) is 4.65 Å². The summed E-state index contributed by atoms with van der Waals surface area (Å²) in [5, 5.41) is 0. The number of hydrogen-bond acceptors (Lipinski definition) is 1. The lowest BCUT2D eigenvalue weighted by molar-refractivity contribution is 0.336. The van der Waals surface area contributed by atoms with Gasteiger partial charge in [0.05, 0.1) is 6.61 Å². The van der Waals surface area contributed by atoms with Gasteiger partial charge in [0.25, 0.3) is 0 Å². The van der Waals surface area contributed by atoms with Crippen LogP contribution in [0.2, 0.25) is 0 Å². The minimum Gasteiger partial charge on any atom is -0.423 e. The maximum absolute atomic E-state index is 13.1. The Morgan fingerprint density at radius 2 is 2.06 bits per heavy atom. The highest BCUT2D eigenvalue weighted by atomic mass is 19.1. The molecule has 0 fully saturated rings. The smallest absolute Gasteiger partial charge is 0.362 e. The molecule has 0 N–H and O–H groups in total. The van der Waals surface area contributed by atoms with Crippen molar-refractivity contribution in [2.45, 2.75) is 13.5 Å². The van der Waals surface area contributed by atoms with Crippen molar-refractivity contribution in [2.75, 3.05) is 0 Å². The molecule has 2 aromatic carbocycles. The molecule has 3 heteroatoms. The van der Waals surface area contributed by atoms with Crippen LogP contribution < -0.4 is 10.9 Å². The minimum absolute atomic E-state index is 0.0505. The molecule has 1 heterocycles. The topological polar surface area (TPSA) is 9.23 Å². The monoisotopic (exact) mass is 226 g/mol. The van der Waals surface area contributed by atoms with Gasteiger partial charge in [-0.3, -0.25) is 0 Å². The summed E-state index contributed by atoms with van der Waals surface area (Å²) in [7, 11) is 0. The summed E-state index contributed by atoms with van der Waals surface area (Å²) in [6, 6.07) is 13.1. The Morgan fingerprint density at radius 3 is 2.88 bits per heavy atom. The van der Waals surface area contributed by atoms with E-state index < -0.39 is 0 Å². The van der Waals surface area contributed by atoms with E-state index in [0.717, 1.165) is 16.5 Å². The van der Waals surface area contributed by atoms with Gasteiger partial charge in [-0.15, -0.1) is 0 Å². The van der Waals surface area contributed by atoms with E-state index in [0.29, 0.717) is 6.61 Å². The van der Waals surface area contributed by atoms with E-state index in [1.54, 1.807) is 6.07 Å². The molecule has 0 bridgehead atoms. The third-order valence-electron chi connectivity index (χ3n) is 3.14. The summed E-state index contributed by atoms with van der Waals surface area (Å²) >= 11 is 0. The van der Waals surface area contributed by atoms with Crippen LogP contribution in [-0.2, 0) is 11.3 Å². The highest BCUT2D eigenvalue weighted by molar-refractivity contribution is 6.81. The van der Waals surface area contributed by atoms with Gasteiger partial charge in [0.1, 0.15) is 5.82 Å². The van der Waals surface area contributed by atoms with Gasteiger partial charge < -0.3 is 4.65 Å². The van der Waals surface area contributed by atoms with E-state index in [-0.39, 0.29) is 12.7 Å². The molecule has 0 unspecified atom stereocenters. The van der Waals surface area contributed by atoms with Crippen LogP contribution in [0.5, 0.6) is 0 Å². The molecule has 0 aliphatic carbocycles. The number of aryl methyl sites for hydroxylation is 1. The Bertz CT molecular complexity index is 568. The maximum Gasteiger partial charge on any atom is 0.362 e. The van der Waals surface area contributed by atoms with Crippen LogP contribution in [0.25, 0.3) is 0 Å². The fourth-order valence-corrected chi connectivity index (χ4v) is 2.33. The van der Waals surface area contributed by atoms with Gasteiger partial charge in [-0.2, -0.15) is 0 Å². The Balaban J connectivity index is 2.04. The Hall–Kier alpha value is -1.61. The molecule has 1 nitrogen and oxygen atoms in total. The quantitative estimate of drug-likeness (QED) is 0.673. The summed E-state index contributed by atoms with van der Waals surface area (Å²) in [4.78, 5) is 0. The second-order valence-corrected chi connectivity index (χ2v) is 4.45. The van der Waals surface area contributed by atoms with Crippen molar-refractivity contribution in [3.8, 4) is 0 Å². The molecule has 17 heavy (non-hydrogen) atoms. The van der Waals surface area contributed by atoms with Crippen LogP contribution >= 0.6 is 0 Å². The average molecular weight is 226 g/mol. The SMILES string of the molecule is Cc1cccc(B2OCc3cc(F)ccc32)c1. The van der Waals surface area contributed by atoms with Gasteiger partial charge in [0, 0.05) is 0 Å². The molecule has 1 aliphatic heterocycles. The Labute approximate surface area is 100 Å². The number of halogens is 1. The van der Waals surface area contributed by atoms with Crippen molar-refractivity contribution >= 4 is 17.8 Å². The predicted octanol–water partition coefficient (Wildman–Crippen LogP) is 1.77. The molecule has 3 rings (SSSR count). The third kappa shape index (κ3) is 1.87. The van der Waals surface area contributed by atoms with Crippen molar-refractivity contribution in [3.05, 3.63) is 59.4 Å². The second-order valence-electron chi connectivity index (χ2n) is 4.45. The molecule has 2 aromatic rings. The van der Waals surface area contributed by atoms with Crippen LogP contribution in [0.15, 0.2) is 42.5 Å². The van der Waals surface area contributed by atoms with Crippen LogP contribution in [0.4, 0.5) is 4.39 Å². The lowest BCUT2D eigenvalue weighted by Crippen LogP contribution is -2.41. The van der Waals surface area contributed by atoms with Gasteiger partial charge in [0.15, 0.2) is 0 Å². The minimum atomic E-state index is -0.197. The van der Waals surface area contributed by atoms with Crippen molar-refractivity contribution < 1.29 is 9.04 Å². The van der Waals surface area contributed by atoms with Crippen LogP contribution in [-0.4, -0.2) is 6.92 Å². The third-order valence-corrected chi connectivity index (χ3v) is 3.14. The first-order valence-corrected chi connectivity index (χ1v) is 5.70. The number of rotatable bonds is 1. The summed E-state index contributed by atoms with van der Waals surface area (Å²) in [6.45, 7) is 2.50. The Morgan fingerprint density at radius 1 is 1.18 bits per heavy atom. The molecular weight excluding hydrogens is 214 g/mol. The van der Waals surface area contributed by atoms with Crippen molar-refractivity contribution in [2.24, 2.45) is 0 Å². The first-order valence-electron chi connectivity index (χ1n) is 5.70. The lowest BCUT2D eigenvalue weighted by atomic mass is 9.56. The summed E-state index contributed by atoms with van der Waals surface area (Å²) in [6.07, 6.45) is 0.